The third kappa shape index (κ3) is 2.29. The lowest BCUT2D eigenvalue weighted by Gasteiger charge is -2.26. The van der Waals surface area contributed by atoms with Crippen molar-refractivity contribution in [1.29, 1.82) is 0 Å². The average Bonchev–Trinajstić information content (AvgIpc) is 2.59. The molecule has 1 aromatic heterocycles. The molecule has 1 fully saturated rings. The quantitative estimate of drug-likeness (QED) is 0.782. The number of hydrogen-bond acceptors (Lipinski definition) is 3. The van der Waals surface area contributed by atoms with Gasteiger partial charge in [-0.3, -0.25) is 0 Å². The second-order valence-electron chi connectivity index (χ2n) is 4.82. The van der Waals surface area contributed by atoms with Gasteiger partial charge in [0.25, 0.3) is 0 Å². The Morgan fingerprint density at radius 1 is 1.56 bits per heavy atom. The number of nitrogens with zero attached hydrogens (tertiary/aromatic N) is 2. The van der Waals surface area contributed by atoms with Crippen molar-refractivity contribution in [3.05, 3.63) is 18.2 Å². The average molecular weight is 242 g/mol. The number of aromatic nitrogens is 2. The molecule has 0 spiro atoms. The van der Waals surface area contributed by atoms with Gasteiger partial charge in [0, 0.05) is 25.4 Å². The molecule has 90 valence electrons. The number of hydrogen-bond donors (Lipinski definition) is 0. The number of imidazole rings is 1. The van der Waals surface area contributed by atoms with Gasteiger partial charge in [0.2, 0.25) is 0 Å². The van der Waals surface area contributed by atoms with Crippen LogP contribution in [0.3, 0.4) is 0 Å². The van der Waals surface area contributed by atoms with E-state index in [1.807, 2.05) is 11.6 Å². The van der Waals surface area contributed by atoms with Crippen LogP contribution in [0, 0.1) is 5.92 Å². The van der Waals surface area contributed by atoms with Gasteiger partial charge in [-0.15, -0.1) is 0 Å². The van der Waals surface area contributed by atoms with Crippen molar-refractivity contribution in [3.8, 4) is 0 Å². The Labute approximate surface area is 96.6 Å². The molecule has 1 aromatic rings. The van der Waals surface area contributed by atoms with Crippen molar-refractivity contribution in [1.82, 2.24) is 9.55 Å². The molecule has 1 aliphatic rings. The summed E-state index contributed by atoms with van der Waals surface area (Å²) in [6.45, 7) is 2.13. The second-order valence-corrected chi connectivity index (χ2v) is 7.22. The van der Waals surface area contributed by atoms with Crippen LogP contribution in [0.15, 0.2) is 12.5 Å². The highest BCUT2D eigenvalue weighted by atomic mass is 32.2. The van der Waals surface area contributed by atoms with Crippen LogP contribution in [0.4, 0.5) is 0 Å². The van der Waals surface area contributed by atoms with Gasteiger partial charge in [-0.1, -0.05) is 6.92 Å². The van der Waals surface area contributed by atoms with Gasteiger partial charge in [-0.05, 0) is 18.8 Å². The summed E-state index contributed by atoms with van der Waals surface area (Å²) in [6.07, 6.45) is 5.67. The van der Waals surface area contributed by atoms with E-state index in [-0.39, 0.29) is 5.25 Å². The minimum atomic E-state index is -2.89. The van der Waals surface area contributed by atoms with Crippen molar-refractivity contribution in [2.24, 2.45) is 13.0 Å². The van der Waals surface area contributed by atoms with E-state index >= 15 is 0 Å². The molecule has 16 heavy (non-hydrogen) atoms. The van der Waals surface area contributed by atoms with E-state index in [2.05, 4.69) is 11.9 Å². The maximum absolute atomic E-state index is 11.9. The maximum Gasteiger partial charge on any atom is 0.153 e. The Kier molecular flexibility index (Phi) is 3.06. The number of aryl methyl sites for hydroxylation is 1. The van der Waals surface area contributed by atoms with E-state index in [0.717, 1.165) is 18.5 Å². The Hall–Kier alpha value is -0.840. The van der Waals surface area contributed by atoms with E-state index in [1.54, 1.807) is 12.5 Å². The Morgan fingerprint density at radius 2 is 2.31 bits per heavy atom. The van der Waals surface area contributed by atoms with E-state index in [9.17, 15) is 8.42 Å². The third-order valence-electron chi connectivity index (χ3n) is 3.42. The molecule has 0 aromatic carbocycles. The third-order valence-corrected chi connectivity index (χ3v) is 5.60. The van der Waals surface area contributed by atoms with Crippen LogP contribution in [-0.4, -0.2) is 29.0 Å². The minimum Gasteiger partial charge on any atom is -0.338 e. The van der Waals surface area contributed by atoms with Crippen LogP contribution >= 0.6 is 0 Å². The highest BCUT2D eigenvalue weighted by molar-refractivity contribution is 7.92. The standard InChI is InChI=1S/C11H18N2O2S/c1-9-3-4-16(14,15)11(5-9)6-10-7-12-8-13(10)2/h7-9,11H,3-6H2,1-2H3/t9-,11?/m1/s1. The smallest absolute Gasteiger partial charge is 0.153 e. The van der Waals surface area contributed by atoms with Crippen molar-refractivity contribution < 1.29 is 8.42 Å². The first-order valence-corrected chi connectivity index (χ1v) is 7.37. The summed E-state index contributed by atoms with van der Waals surface area (Å²) in [7, 11) is -0.986. The molecule has 4 nitrogen and oxygen atoms in total. The Morgan fingerprint density at radius 3 is 2.94 bits per heavy atom. The van der Waals surface area contributed by atoms with Crippen molar-refractivity contribution in [2.75, 3.05) is 5.75 Å². The normalized spacial score (nSPS) is 29.1. The minimum absolute atomic E-state index is 0.216. The Bertz CT molecular complexity index is 464. The summed E-state index contributed by atoms with van der Waals surface area (Å²) >= 11 is 0. The first-order chi connectivity index (χ1) is 7.49. The largest absolute Gasteiger partial charge is 0.338 e. The van der Waals surface area contributed by atoms with Crippen molar-refractivity contribution >= 4 is 9.84 Å². The molecule has 2 atom stereocenters. The van der Waals surface area contributed by atoms with E-state index in [1.165, 1.54) is 0 Å². The number of rotatable bonds is 2. The molecule has 1 unspecified atom stereocenters. The zero-order valence-electron chi connectivity index (χ0n) is 9.76. The van der Waals surface area contributed by atoms with Crippen LogP contribution in [0.25, 0.3) is 0 Å². The topological polar surface area (TPSA) is 52.0 Å². The van der Waals surface area contributed by atoms with Gasteiger partial charge in [0.15, 0.2) is 9.84 Å². The van der Waals surface area contributed by atoms with Crippen LogP contribution in [0.5, 0.6) is 0 Å². The first-order valence-electron chi connectivity index (χ1n) is 5.66. The SMILES string of the molecule is C[C@@H]1CCS(=O)(=O)C(Cc2cncn2C)C1. The molecular weight excluding hydrogens is 224 g/mol. The molecule has 0 N–H and O–H groups in total. The lowest BCUT2D eigenvalue weighted by atomic mass is 10.00. The van der Waals surface area contributed by atoms with Gasteiger partial charge in [0.1, 0.15) is 0 Å². The first kappa shape index (κ1) is 11.6. The van der Waals surface area contributed by atoms with Gasteiger partial charge in [-0.25, -0.2) is 13.4 Å². The fraction of sp³-hybridized carbons (Fsp3) is 0.727. The summed E-state index contributed by atoms with van der Waals surface area (Å²) in [5.41, 5.74) is 1.00. The summed E-state index contributed by atoms with van der Waals surface area (Å²) < 4.78 is 25.8. The van der Waals surface area contributed by atoms with Gasteiger partial charge in [0.05, 0.1) is 17.3 Å². The fourth-order valence-electron chi connectivity index (χ4n) is 2.27. The van der Waals surface area contributed by atoms with Gasteiger partial charge in [-0.2, -0.15) is 0 Å². The molecule has 0 amide bonds. The van der Waals surface area contributed by atoms with Gasteiger partial charge >= 0.3 is 0 Å². The highest BCUT2D eigenvalue weighted by Gasteiger charge is 2.32. The number of sulfone groups is 1. The molecule has 0 bridgehead atoms. The van der Waals surface area contributed by atoms with Crippen LogP contribution < -0.4 is 0 Å². The monoisotopic (exact) mass is 242 g/mol. The van der Waals surface area contributed by atoms with E-state index in [0.29, 0.717) is 18.1 Å². The van der Waals surface area contributed by atoms with Crippen LogP contribution in [-0.2, 0) is 23.3 Å². The molecule has 5 heteroatoms. The van der Waals surface area contributed by atoms with Crippen LogP contribution in [0.2, 0.25) is 0 Å². The molecule has 1 saturated heterocycles. The lowest BCUT2D eigenvalue weighted by Crippen LogP contribution is -2.34. The predicted molar refractivity (Wildman–Crippen MR) is 62.9 cm³/mol. The predicted octanol–water partition coefficient (Wildman–Crippen LogP) is 1.18. The summed E-state index contributed by atoms with van der Waals surface area (Å²) in [5.74, 6) is 0.859. The zero-order valence-corrected chi connectivity index (χ0v) is 10.6. The maximum atomic E-state index is 11.9. The molecule has 0 saturated carbocycles. The molecular formula is C11H18N2O2S. The second kappa shape index (κ2) is 4.20. The summed E-state index contributed by atoms with van der Waals surface area (Å²) in [6, 6.07) is 0. The van der Waals surface area contributed by atoms with Crippen LogP contribution in [0.1, 0.15) is 25.5 Å². The van der Waals surface area contributed by atoms with E-state index < -0.39 is 9.84 Å². The van der Waals surface area contributed by atoms with E-state index in [4.69, 9.17) is 0 Å². The summed E-state index contributed by atoms with van der Waals surface area (Å²) in [5, 5.41) is -0.216. The molecule has 1 aliphatic heterocycles. The Balaban J connectivity index is 2.16. The van der Waals surface area contributed by atoms with Crippen molar-refractivity contribution in [3.63, 3.8) is 0 Å². The van der Waals surface area contributed by atoms with Crippen molar-refractivity contribution in [2.45, 2.75) is 31.4 Å². The molecule has 0 radical (unpaired) electrons. The fourth-order valence-corrected chi connectivity index (χ4v) is 4.38. The molecule has 2 heterocycles. The highest BCUT2D eigenvalue weighted by Crippen LogP contribution is 2.26. The van der Waals surface area contributed by atoms with Gasteiger partial charge < -0.3 is 4.57 Å². The zero-order chi connectivity index (χ0) is 11.8. The summed E-state index contributed by atoms with van der Waals surface area (Å²) in [4.78, 5) is 4.02. The molecule has 2 rings (SSSR count). The molecule has 0 aliphatic carbocycles. The lowest BCUT2D eigenvalue weighted by molar-refractivity contribution is 0.449.